The van der Waals surface area contributed by atoms with Gasteiger partial charge in [0.15, 0.2) is 5.96 Å². The van der Waals surface area contributed by atoms with Crippen molar-refractivity contribution < 1.29 is 9.53 Å². The van der Waals surface area contributed by atoms with Crippen molar-refractivity contribution in [2.75, 3.05) is 19.7 Å². The van der Waals surface area contributed by atoms with Gasteiger partial charge in [0.1, 0.15) is 0 Å². The molecule has 0 unspecified atom stereocenters. The molecule has 0 bridgehead atoms. The van der Waals surface area contributed by atoms with E-state index in [-0.39, 0.29) is 29.9 Å². The van der Waals surface area contributed by atoms with Gasteiger partial charge in [0.05, 0.1) is 18.8 Å². The highest BCUT2D eigenvalue weighted by Gasteiger charge is 2.01. The number of aromatic nitrogens is 1. The van der Waals surface area contributed by atoms with E-state index in [1.165, 1.54) is 0 Å². The Labute approximate surface area is 168 Å². The molecule has 0 radical (unpaired) electrons. The summed E-state index contributed by atoms with van der Waals surface area (Å²) in [7, 11) is 0. The van der Waals surface area contributed by atoms with Crippen LogP contribution in [0.3, 0.4) is 0 Å². The summed E-state index contributed by atoms with van der Waals surface area (Å²) in [5.41, 5.74) is 0.952. The average molecular weight is 462 g/mol. The average Bonchev–Trinajstić information content (AvgIpc) is 2.60. The molecule has 0 atom stereocenters. The lowest BCUT2D eigenvalue weighted by molar-refractivity contribution is -0.143. The van der Waals surface area contributed by atoms with Gasteiger partial charge in [0.25, 0.3) is 0 Å². The van der Waals surface area contributed by atoms with Crippen molar-refractivity contribution in [3.8, 4) is 0 Å². The quantitative estimate of drug-likeness (QED) is 0.174. The number of rotatable bonds is 11. The number of unbranched alkanes of at least 4 members (excludes halogenated alkanes) is 3. The molecule has 6 nitrogen and oxygen atoms in total. The van der Waals surface area contributed by atoms with Crippen molar-refractivity contribution in [1.29, 1.82) is 0 Å². The van der Waals surface area contributed by atoms with Gasteiger partial charge in [-0.05, 0) is 38.8 Å². The highest BCUT2D eigenvalue weighted by atomic mass is 127. The van der Waals surface area contributed by atoms with Crippen molar-refractivity contribution in [2.45, 2.75) is 52.5 Å². The normalized spacial score (nSPS) is 10.7. The summed E-state index contributed by atoms with van der Waals surface area (Å²) < 4.78 is 4.91. The summed E-state index contributed by atoms with van der Waals surface area (Å²) in [5, 5.41) is 6.56. The minimum absolute atomic E-state index is 0. The van der Waals surface area contributed by atoms with E-state index >= 15 is 0 Å². The highest BCUT2D eigenvalue weighted by molar-refractivity contribution is 14.0. The maximum absolute atomic E-state index is 11.2. The second kappa shape index (κ2) is 16.1. The van der Waals surface area contributed by atoms with E-state index < -0.39 is 0 Å². The van der Waals surface area contributed by atoms with Crippen LogP contribution in [0.15, 0.2) is 29.4 Å². The number of nitrogens with zero attached hydrogens (tertiary/aromatic N) is 2. The van der Waals surface area contributed by atoms with Crippen LogP contribution in [0.5, 0.6) is 0 Å². The lowest BCUT2D eigenvalue weighted by atomic mass is 10.1. The number of aliphatic imine (C=N–C) groups is 1. The zero-order valence-electron chi connectivity index (χ0n) is 15.3. The summed E-state index contributed by atoms with van der Waals surface area (Å²) in [5.74, 6) is 0.724. The van der Waals surface area contributed by atoms with E-state index in [4.69, 9.17) is 4.74 Å². The first kappa shape index (κ1) is 23.6. The molecule has 0 aliphatic heterocycles. The van der Waals surface area contributed by atoms with Crippen LogP contribution < -0.4 is 10.6 Å². The Bertz CT molecular complexity index is 483. The molecule has 1 aromatic rings. The first-order valence-electron chi connectivity index (χ1n) is 8.84. The molecular weight excluding hydrogens is 431 g/mol. The Kier molecular flexibility index (Phi) is 15.2. The van der Waals surface area contributed by atoms with E-state index in [0.29, 0.717) is 19.6 Å². The third-order valence-electron chi connectivity index (χ3n) is 3.37. The molecule has 0 fully saturated rings. The lowest BCUT2D eigenvalue weighted by Gasteiger charge is -2.11. The molecule has 1 heterocycles. The summed E-state index contributed by atoms with van der Waals surface area (Å²) >= 11 is 0. The Balaban J connectivity index is 0.00000576. The molecule has 0 spiro atoms. The van der Waals surface area contributed by atoms with Crippen LogP contribution in [0.4, 0.5) is 0 Å². The van der Waals surface area contributed by atoms with Gasteiger partial charge in [-0.3, -0.25) is 9.78 Å². The fraction of sp³-hybridized carbons (Fsp3) is 0.611. The summed E-state index contributed by atoms with van der Waals surface area (Å²) in [6, 6.07) is 5.84. The molecule has 1 rings (SSSR count). The standard InChI is InChI=1S/C18H30N4O2.HI/c1-3-19-18(22-15-16-11-8-10-13-20-16)21-14-9-6-5-7-12-17(23)24-4-2;/h8,10-11,13H,3-7,9,12,14-15H2,1-2H3,(H2,19,21,22);1H. The van der Waals surface area contributed by atoms with Gasteiger partial charge in [-0.2, -0.15) is 0 Å². The van der Waals surface area contributed by atoms with Gasteiger partial charge in [0.2, 0.25) is 0 Å². The SMILES string of the molecule is CCNC(=NCc1ccccn1)NCCCCCCC(=O)OCC.I. The van der Waals surface area contributed by atoms with Gasteiger partial charge >= 0.3 is 5.97 Å². The largest absolute Gasteiger partial charge is 0.466 e. The number of nitrogens with one attached hydrogen (secondary N) is 2. The lowest BCUT2D eigenvalue weighted by Crippen LogP contribution is -2.37. The van der Waals surface area contributed by atoms with Gasteiger partial charge in [-0.25, -0.2) is 4.99 Å². The van der Waals surface area contributed by atoms with Crippen LogP contribution in [-0.2, 0) is 16.1 Å². The Morgan fingerprint density at radius 3 is 2.64 bits per heavy atom. The highest BCUT2D eigenvalue weighted by Crippen LogP contribution is 2.03. The Hall–Kier alpha value is -1.38. The Morgan fingerprint density at radius 1 is 1.16 bits per heavy atom. The van der Waals surface area contributed by atoms with E-state index in [1.807, 2.05) is 32.0 Å². The molecule has 0 amide bonds. The molecule has 0 saturated carbocycles. The molecular formula is C18H31IN4O2. The van der Waals surface area contributed by atoms with E-state index in [1.54, 1.807) is 6.20 Å². The van der Waals surface area contributed by atoms with Crippen LogP contribution >= 0.6 is 24.0 Å². The minimum Gasteiger partial charge on any atom is -0.466 e. The molecule has 0 saturated heterocycles. The smallest absolute Gasteiger partial charge is 0.305 e. The predicted molar refractivity (Wildman–Crippen MR) is 112 cm³/mol. The zero-order chi connectivity index (χ0) is 17.5. The van der Waals surface area contributed by atoms with E-state index in [0.717, 1.165) is 50.4 Å². The van der Waals surface area contributed by atoms with Crippen molar-refractivity contribution in [3.63, 3.8) is 0 Å². The van der Waals surface area contributed by atoms with Gasteiger partial charge < -0.3 is 15.4 Å². The molecule has 0 aromatic carbocycles. The first-order chi connectivity index (χ1) is 11.8. The molecule has 0 aliphatic rings. The number of ether oxygens (including phenoxy) is 1. The third kappa shape index (κ3) is 12.6. The molecule has 25 heavy (non-hydrogen) atoms. The maximum Gasteiger partial charge on any atom is 0.305 e. The topological polar surface area (TPSA) is 75.6 Å². The number of hydrogen-bond acceptors (Lipinski definition) is 4. The fourth-order valence-corrected chi connectivity index (χ4v) is 2.18. The second-order valence-electron chi connectivity index (χ2n) is 5.41. The number of carbonyl (C=O) groups excluding carboxylic acids is 1. The first-order valence-corrected chi connectivity index (χ1v) is 8.84. The van der Waals surface area contributed by atoms with Crippen LogP contribution in [0.1, 0.15) is 51.6 Å². The zero-order valence-corrected chi connectivity index (χ0v) is 17.6. The van der Waals surface area contributed by atoms with Crippen LogP contribution in [0, 0.1) is 0 Å². The van der Waals surface area contributed by atoms with Crippen molar-refractivity contribution >= 4 is 35.9 Å². The number of halogens is 1. The van der Waals surface area contributed by atoms with E-state index in [2.05, 4.69) is 20.6 Å². The molecule has 142 valence electrons. The summed E-state index contributed by atoms with van der Waals surface area (Å²) in [6.45, 7) is 6.61. The second-order valence-corrected chi connectivity index (χ2v) is 5.41. The number of carbonyl (C=O) groups is 1. The molecule has 7 heteroatoms. The van der Waals surface area contributed by atoms with Gasteiger partial charge in [-0.15, -0.1) is 24.0 Å². The monoisotopic (exact) mass is 462 g/mol. The number of pyridine rings is 1. The predicted octanol–water partition coefficient (Wildman–Crippen LogP) is 3.27. The Morgan fingerprint density at radius 2 is 1.96 bits per heavy atom. The number of esters is 1. The molecule has 2 N–H and O–H groups in total. The number of guanidine groups is 1. The van der Waals surface area contributed by atoms with Crippen LogP contribution in [0.25, 0.3) is 0 Å². The molecule has 0 aliphatic carbocycles. The third-order valence-corrected chi connectivity index (χ3v) is 3.37. The fourth-order valence-electron chi connectivity index (χ4n) is 2.18. The van der Waals surface area contributed by atoms with Crippen molar-refractivity contribution in [1.82, 2.24) is 15.6 Å². The van der Waals surface area contributed by atoms with Crippen molar-refractivity contribution in [2.24, 2.45) is 4.99 Å². The summed E-state index contributed by atoms with van der Waals surface area (Å²) in [4.78, 5) is 20.0. The number of hydrogen-bond donors (Lipinski definition) is 2. The molecule has 1 aromatic heterocycles. The summed E-state index contributed by atoms with van der Waals surface area (Å²) in [6.07, 6.45) is 6.38. The minimum atomic E-state index is -0.0910. The van der Waals surface area contributed by atoms with Crippen LogP contribution in [0.2, 0.25) is 0 Å². The van der Waals surface area contributed by atoms with Crippen LogP contribution in [-0.4, -0.2) is 36.6 Å². The van der Waals surface area contributed by atoms with Crippen molar-refractivity contribution in [3.05, 3.63) is 30.1 Å². The van der Waals surface area contributed by atoms with Gasteiger partial charge in [0, 0.05) is 25.7 Å². The van der Waals surface area contributed by atoms with Gasteiger partial charge in [-0.1, -0.05) is 18.9 Å². The van der Waals surface area contributed by atoms with E-state index in [9.17, 15) is 4.79 Å². The maximum atomic E-state index is 11.2.